The van der Waals surface area contributed by atoms with Crippen LogP contribution in [0.5, 0.6) is 0 Å². The van der Waals surface area contributed by atoms with Gasteiger partial charge in [-0.05, 0) is 42.0 Å². The topological polar surface area (TPSA) is 127 Å². The van der Waals surface area contributed by atoms with Gasteiger partial charge in [-0.3, -0.25) is 0 Å². The summed E-state index contributed by atoms with van der Waals surface area (Å²) in [5.41, 5.74) is -0.0733. The molecule has 0 atom stereocenters. The number of tetrazole rings is 1. The van der Waals surface area contributed by atoms with E-state index in [9.17, 15) is 13.2 Å². The van der Waals surface area contributed by atoms with Crippen LogP contribution in [0.15, 0.2) is 30.6 Å². The molecule has 2 rings (SSSR count). The van der Waals surface area contributed by atoms with Crippen molar-refractivity contribution in [1.29, 1.82) is 0 Å². The lowest BCUT2D eigenvalue weighted by atomic mass is 9.95. The van der Waals surface area contributed by atoms with Gasteiger partial charge in [-0.2, -0.15) is 0 Å². The number of carboxylic acids is 1. The first-order valence-corrected chi connectivity index (χ1v) is 8.41. The maximum absolute atomic E-state index is 12.2. The molecule has 0 saturated carbocycles. The van der Waals surface area contributed by atoms with E-state index in [0.29, 0.717) is 5.56 Å². The van der Waals surface area contributed by atoms with Crippen LogP contribution in [0.25, 0.3) is 0 Å². The van der Waals surface area contributed by atoms with Gasteiger partial charge in [-0.15, -0.1) is 5.10 Å². The molecule has 0 unspecified atom stereocenters. The van der Waals surface area contributed by atoms with Crippen LogP contribution in [0.2, 0.25) is 0 Å². The second kappa shape index (κ2) is 6.42. The van der Waals surface area contributed by atoms with Gasteiger partial charge in [0.05, 0.1) is 23.4 Å². The molecule has 2 aromatic rings. The average Bonchev–Trinajstić information content (AvgIpc) is 2.98. The van der Waals surface area contributed by atoms with Crippen LogP contribution < -0.4 is 4.72 Å². The molecule has 0 spiro atoms. The number of carboxylic acid groups (broad SMARTS) is 1. The Hall–Kier alpha value is -2.33. The molecule has 0 bridgehead atoms. The van der Waals surface area contributed by atoms with Crippen LogP contribution in [0.1, 0.15) is 29.8 Å². The third kappa shape index (κ3) is 4.57. The van der Waals surface area contributed by atoms with E-state index in [0.717, 1.165) is 0 Å². The van der Waals surface area contributed by atoms with E-state index in [2.05, 4.69) is 20.2 Å². The lowest BCUT2D eigenvalue weighted by Gasteiger charge is -2.26. The van der Waals surface area contributed by atoms with Crippen LogP contribution in [-0.2, 0) is 22.1 Å². The molecule has 0 saturated heterocycles. The molecule has 0 aliphatic heterocycles. The number of aryl methyl sites for hydroxylation is 1. The highest BCUT2D eigenvalue weighted by atomic mass is 32.2. The summed E-state index contributed by atoms with van der Waals surface area (Å²) in [5, 5.41) is 19.4. The fraction of sp³-hybridized carbons (Fsp3) is 0.385. The number of aromatic carboxylic acids is 1. The second-order valence-electron chi connectivity index (χ2n) is 5.50. The van der Waals surface area contributed by atoms with Crippen molar-refractivity contribution in [1.82, 2.24) is 24.9 Å². The van der Waals surface area contributed by atoms with Gasteiger partial charge < -0.3 is 5.11 Å². The molecule has 2 N–H and O–H groups in total. The Morgan fingerprint density at radius 3 is 2.48 bits per heavy atom. The first-order chi connectivity index (χ1) is 10.7. The van der Waals surface area contributed by atoms with Crippen molar-refractivity contribution in [3.8, 4) is 0 Å². The predicted molar refractivity (Wildman–Crippen MR) is 81.2 cm³/mol. The number of rotatable bonds is 7. The molecule has 9 nitrogen and oxygen atoms in total. The minimum Gasteiger partial charge on any atom is -0.478 e. The predicted octanol–water partition coefficient (Wildman–Crippen LogP) is 0.226. The maximum atomic E-state index is 12.2. The summed E-state index contributed by atoms with van der Waals surface area (Å²) < 4.78 is 28.3. The van der Waals surface area contributed by atoms with Gasteiger partial charge in [-0.1, -0.05) is 12.1 Å². The molecule has 1 aromatic carbocycles. The number of nitrogens with zero attached hydrogens (tertiary/aromatic N) is 4. The molecule has 0 aliphatic rings. The highest BCUT2D eigenvalue weighted by molar-refractivity contribution is 7.89. The van der Waals surface area contributed by atoms with Gasteiger partial charge in [0.2, 0.25) is 10.0 Å². The molecule has 1 aromatic heterocycles. The van der Waals surface area contributed by atoms with Crippen molar-refractivity contribution < 1.29 is 18.3 Å². The minimum absolute atomic E-state index is 0.135. The largest absolute Gasteiger partial charge is 0.478 e. The molecule has 0 radical (unpaired) electrons. The minimum atomic E-state index is -3.57. The summed E-state index contributed by atoms with van der Waals surface area (Å²) in [6.45, 7) is 3.55. The fourth-order valence-corrected chi connectivity index (χ4v) is 3.45. The first-order valence-electron chi connectivity index (χ1n) is 6.76. The van der Waals surface area contributed by atoms with E-state index < -0.39 is 21.5 Å². The molecule has 10 heteroatoms. The standard InChI is InChI=1S/C13H17N5O4S/c1-13(2,11-5-3-10(4-6-11)12(19)20)15-23(21,22)8-7-18-9-14-16-17-18/h3-6,9,15H,7-8H2,1-2H3,(H,19,20). The highest BCUT2D eigenvalue weighted by Crippen LogP contribution is 2.21. The Labute approximate surface area is 133 Å². The van der Waals surface area contributed by atoms with Gasteiger partial charge in [0.1, 0.15) is 6.33 Å². The Morgan fingerprint density at radius 2 is 1.96 bits per heavy atom. The highest BCUT2D eigenvalue weighted by Gasteiger charge is 2.27. The van der Waals surface area contributed by atoms with Crippen LogP contribution in [0, 0.1) is 0 Å². The summed E-state index contributed by atoms with van der Waals surface area (Å²) in [5.74, 6) is -1.20. The number of hydrogen-bond donors (Lipinski definition) is 2. The van der Waals surface area contributed by atoms with E-state index in [4.69, 9.17) is 5.11 Å². The summed E-state index contributed by atoms with van der Waals surface area (Å²) in [7, 11) is -3.57. The van der Waals surface area contributed by atoms with Gasteiger partial charge in [0.15, 0.2) is 0 Å². The Bertz CT molecular complexity index is 769. The van der Waals surface area contributed by atoms with E-state index in [-0.39, 0.29) is 17.9 Å². The third-order valence-corrected chi connectivity index (χ3v) is 4.79. The number of hydrogen-bond acceptors (Lipinski definition) is 6. The van der Waals surface area contributed by atoms with Crippen LogP contribution in [0.3, 0.4) is 0 Å². The molecule has 0 amide bonds. The zero-order valence-electron chi connectivity index (χ0n) is 12.7. The zero-order valence-corrected chi connectivity index (χ0v) is 13.5. The van der Waals surface area contributed by atoms with Crippen molar-refractivity contribution in [2.45, 2.75) is 25.9 Å². The van der Waals surface area contributed by atoms with Gasteiger partial charge >= 0.3 is 5.97 Å². The van der Waals surface area contributed by atoms with Gasteiger partial charge in [0.25, 0.3) is 0 Å². The fourth-order valence-electron chi connectivity index (χ4n) is 2.02. The Balaban J connectivity index is 2.07. The number of aromatic nitrogens is 4. The number of nitrogens with one attached hydrogen (secondary N) is 1. The molecule has 1 heterocycles. The van der Waals surface area contributed by atoms with Crippen LogP contribution >= 0.6 is 0 Å². The van der Waals surface area contributed by atoms with Crippen LogP contribution in [-0.4, -0.2) is 45.5 Å². The number of carbonyl (C=O) groups is 1. The monoisotopic (exact) mass is 339 g/mol. The summed E-state index contributed by atoms with van der Waals surface area (Å²) in [4.78, 5) is 10.9. The zero-order chi connectivity index (χ0) is 17.1. The van der Waals surface area contributed by atoms with E-state index in [1.54, 1.807) is 26.0 Å². The van der Waals surface area contributed by atoms with E-state index in [1.807, 2.05) is 0 Å². The molecule has 0 fully saturated rings. The molecular formula is C13H17N5O4S. The lowest BCUT2D eigenvalue weighted by molar-refractivity contribution is 0.0696. The van der Waals surface area contributed by atoms with Crippen molar-refractivity contribution in [3.05, 3.63) is 41.7 Å². The van der Waals surface area contributed by atoms with Crippen molar-refractivity contribution in [2.24, 2.45) is 0 Å². The van der Waals surface area contributed by atoms with Crippen LogP contribution in [0.4, 0.5) is 0 Å². The van der Waals surface area contributed by atoms with Crippen molar-refractivity contribution >= 4 is 16.0 Å². The SMILES string of the molecule is CC(C)(NS(=O)(=O)CCn1cnnn1)c1ccc(C(=O)O)cc1. The molecular weight excluding hydrogens is 322 g/mol. The molecule has 0 aliphatic carbocycles. The average molecular weight is 339 g/mol. The summed E-state index contributed by atoms with van der Waals surface area (Å²) >= 11 is 0. The van der Waals surface area contributed by atoms with Crippen molar-refractivity contribution in [3.63, 3.8) is 0 Å². The summed E-state index contributed by atoms with van der Waals surface area (Å²) in [6, 6.07) is 6.06. The number of benzene rings is 1. The normalized spacial score (nSPS) is 12.3. The van der Waals surface area contributed by atoms with E-state index >= 15 is 0 Å². The lowest BCUT2D eigenvalue weighted by Crippen LogP contribution is -2.42. The molecule has 124 valence electrons. The Kier molecular flexibility index (Phi) is 4.76. The third-order valence-electron chi connectivity index (χ3n) is 3.24. The van der Waals surface area contributed by atoms with Gasteiger partial charge in [-0.25, -0.2) is 22.6 Å². The Morgan fingerprint density at radius 1 is 1.30 bits per heavy atom. The number of sulfonamides is 1. The maximum Gasteiger partial charge on any atom is 0.335 e. The smallest absolute Gasteiger partial charge is 0.335 e. The first kappa shape index (κ1) is 17.0. The van der Waals surface area contributed by atoms with Crippen molar-refractivity contribution in [2.75, 3.05) is 5.75 Å². The second-order valence-corrected chi connectivity index (χ2v) is 7.34. The molecule has 23 heavy (non-hydrogen) atoms. The quantitative estimate of drug-likeness (QED) is 0.739. The van der Waals surface area contributed by atoms with Gasteiger partial charge in [0, 0.05) is 0 Å². The van der Waals surface area contributed by atoms with E-state index in [1.165, 1.54) is 23.1 Å². The summed E-state index contributed by atoms with van der Waals surface area (Å²) in [6.07, 6.45) is 1.34.